The molecule has 0 aliphatic heterocycles. The number of hydrogen-bond donors (Lipinski definition) is 1. The van der Waals surface area contributed by atoms with Crippen molar-refractivity contribution in [1.29, 1.82) is 0 Å². The number of aliphatic hydroxyl groups excluding tert-OH is 1. The Morgan fingerprint density at radius 2 is 2.06 bits per heavy atom. The zero-order chi connectivity index (χ0) is 12.7. The normalized spacial score (nSPS) is 9.94. The van der Waals surface area contributed by atoms with Crippen molar-refractivity contribution < 1.29 is 14.2 Å². The summed E-state index contributed by atoms with van der Waals surface area (Å²) < 4.78 is 18.8. The molecule has 0 saturated carbocycles. The third kappa shape index (κ3) is 4.08. The fourth-order valence-corrected chi connectivity index (χ4v) is 1.47. The van der Waals surface area contributed by atoms with Crippen molar-refractivity contribution in [2.45, 2.75) is 32.8 Å². The van der Waals surface area contributed by atoms with Crippen molar-refractivity contribution in [3.05, 3.63) is 29.6 Å². The number of benzene rings is 1. The van der Waals surface area contributed by atoms with E-state index in [0.29, 0.717) is 11.3 Å². The predicted molar refractivity (Wildman–Crippen MR) is 65.4 cm³/mol. The first-order valence-electron chi connectivity index (χ1n) is 5.77. The van der Waals surface area contributed by atoms with Crippen LogP contribution in [0.5, 0.6) is 5.75 Å². The Balaban J connectivity index is 2.97. The molecule has 0 aliphatic rings. The summed E-state index contributed by atoms with van der Waals surface area (Å²) in [6.07, 6.45) is 1.89. The van der Waals surface area contributed by atoms with Crippen LogP contribution in [0.3, 0.4) is 0 Å². The summed E-state index contributed by atoms with van der Waals surface area (Å²) in [6.45, 7) is 3.83. The van der Waals surface area contributed by atoms with Crippen LogP contribution in [0.2, 0.25) is 0 Å². The molecule has 0 aromatic heterocycles. The van der Waals surface area contributed by atoms with Gasteiger partial charge in [0.05, 0.1) is 11.7 Å². The van der Waals surface area contributed by atoms with Crippen LogP contribution in [0.4, 0.5) is 4.39 Å². The molecule has 17 heavy (non-hydrogen) atoms. The minimum Gasteiger partial charge on any atom is -0.489 e. The van der Waals surface area contributed by atoms with Gasteiger partial charge in [-0.1, -0.05) is 25.7 Å². The summed E-state index contributed by atoms with van der Waals surface area (Å²) >= 11 is 0. The lowest BCUT2D eigenvalue weighted by molar-refractivity contribution is 0.192. The van der Waals surface area contributed by atoms with E-state index in [4.69, 9.17) is 9.84 Å². The van der Waals surface area contributed by atoms with E-state index < -0.39 is 0 Å². The van der Waals surface area contributed by atoms with Gasteiger partial charge in [-0.2, -0.15) is 0 Å². The Labute approximate surface area is 101 Å². The number of aliphatic hydroxyl groups is 1. The molecule has 0 spiro atoms. The highest BCUT2D eigenvalue weighted by molar-refractivity contribution is 5.46. The fraction of sp³-hybridized carbons (Fsp3) is 0.429. The van der Waals surface area contributed by atoms with Gasteiger partial charge < -0.3 is 9.84 Å². The maximum atomic E-state index is 13.1. The van der Waals surface area contributed by atoms with Crippen LogP contribution in [-0.4, -0.2) is 17.8 Å². The van der Waals surface area contributed by atoms with Gasteiger partial charge in [-0.15, -0.1) is 0 Å². The largest absolute Gasteiger partial charge is 0.489 e. The molecule has 0 atom stereocenters. The first-order valence-corrected chi connectivity index (χ1v) is 5.77. The van der Waals surface area contributed by atoms with Crippen molar-refractivity contribution in [3.63, 3.8) is 0 Å². The van der Waals surface area contributed by atoms with E-state index >= 15 is 0 Å². The molecule has 1 N–H and O–H groups in total. The van der Waals surface area contributed by atoms with Gasteiger partial charge in [0.1, 0.15) is 18.2 Å². The minimum absolute atomic E-state index is 0.107. The standard InChI is InChI=1S/C14H17FO2/c1-3-13(4-2)17-14-8-7-12(15)10-11(14)6-5-9-16/h7-8,10,13,16H,3-4,9H2,1-2H3. The highest BCUT2D eigenvalue weighted by Crippen LogP contribution is 2.21. The Kier molecular flexibility index (Phi) is 5.51. The zero-order valence-corrected chi connectivity index (χ0v) is 10.2. The lowest BCUT2D eigenvalue weighted by atomic mass is 10.1. The topological polar surface area (TPSA) is 29.5 Å². The summed E-state index contributed by atoms with van der Waals surface area (Å²) in [6, 6.07) is 4.25. The molecule has 0 saturated heterocycles. The van der Waals surface area contributed by atoms with Crippen LogP contribution in [-0.2, 0) is 0 Å². The maximum absolute atomic E-state index is 13.1. The van der Waals surface area contributed by atoms with E-state index in [9.17, 15) is 4.39 Å². The molecular weight excluding hydrogens is 219 g/mol. The lowest BCUT2D eigenvalue weighted by Crippen LogP contribution is -2.14. The molecule has 2 nitrogen and oxygen atoms in total. The first kappa shape index (κ1) is 13.5. The fourth-order valence-electron chi connectivity index (χ4n) is 1.47. The highest BCUT2D eigenvalue weighted by atomic mass is 19.1. The Morgan fingerprint density at radius 1 is 1.35 bits per heavy atom. The van der Waals surface area contributed by atoms with Gasteiger partial charge in [-0.25, -0.2) is 4.39 Å². The first-order chi connectivity index (χ1) is 8.21. The molecule has 1 aromatic rings. The van der Waals surface area contributed by atoms with Crippen LogP contribution >= 0.6 is 0 Å². The van der Waals surface area contributed by atoms with Crippen molar-refractivity contribution >= 4 is 0 Å². The molecule has 0 aliphatic carbocycles. The molecule has 1 aromatic carbocycles. The molecule has 0 radical (unpaired) electrons. The molecule has 0 bridgehead atoms. The van der Waals surface area contributed by atoms with Crippen LogP contribution in [0, 0.1) is 17.7 Å². The van der Waals surface area contributed by atoms with Gasteiger partial charge >= 0.3 is 0 Å². The van der Waals surface area contributed by atoms with Crippen LogP contribution in [0.1, 0.15) is 32.3 Å². The van der Waals surface area contributed by atoms with Gasteiger partial charge in [-0.3, -0.25) is 0 Å². The highest BCUT2D eigenvalue weighted by Gasteiger charge is 2.09. The SMILES string of the molecule is CCC(CC)Oc1ccc(F)cc1C#CCO. The second-order valence-electron chi connectivity index (χ2n) is 3.66. The van der Waals surface area contributed by atoms with Gasteiger partial charge in [0.2, 0.25) is 0 Å². The van der Waals surface area contributed by atoms with Crippen LogP contribution in [0.15, 0.2) is 18.2 Å². The zero-order valence-electron chi connectivity index (χ0n) is 10.2. The molecule has 3 heteroatoms. The second kappa shape index (κ2) is 6.93. The smallest absolute Gasteiger partial charge is 0.135 e. The average molecular weight is 236 g/mol. The minimum atomic E-state index is -0.357. The third-order valence-corrected chi connectivity index (χ3v) is 2.45. The predicted octanol–water partition coefficient (Wildman–Crippen LogP) is 2.74. The van der Waals surface area contributed by atoms with Gasteiger partial charge in [0.25, 0.3) is 0 Å². The van der Waals surface area contributed by atoms with Gasteiger partial charge in [0, 0.05) is 0 Å². The molecular formula is C14H17FO2. The van der Waals surface area contributed by atoms with E-state index in [-0.39, 0.29) is 18.5 Å². The van der Waals surface area contributed by atoms with E-state index in [1.807, 2.05) is 13.8 Å². The summed E-state index contributed by atoms with van der Waals surface area (Å²) in [5.41, 5.74) is 0.478. The summed E-state index contributed by atoms with van der Waals surface area (Å²) in [5, 5.41) is 8.65. The van der Waals surface area contributed by atoms with Crippen LogP contribution in [0.25, 0.3) is 0 Å². The van der Waals surface area contributed by atoms with Crippen molar-refractivity contribution in [2.75, 3.05) is 6.61 Å². The molecule has 0 fully saturated rings. The molecule has 1 rings (SSSR count). The number of ether oxygens (including phenoxy) is 1. The summed E-state index contributed by atoms with van der Waals surface area (Å²) in [5.74, 6) is 5.41. The summed E-state index contributed by atoms with van der Waals surface area (Å²) in [4.78, 5) is 0. The Bertz CT molecular complexity index is 414. The van der Waals surface area contributed by atoms with E-state index in [1.54, 1.807) is 6.07 Å². The van der Waals surface area contributed by atoms with Gasteiger partial charge in [-0.05, 0) is 31.0 Å². The van der Waals surface area contributed by atoms with Crippen molar-refractivity contribution in [3.8, 4) is 17.6 Å². The van der Waals surface area contributed by atoms with E-state index in [1.165, 1.54) is 12.1 Å². The Hall–Kier alpha value is -1.53. The number of hydrogen-bond acceptors (Lipinski definition) is 2. The molecule has 0 heterocycles. The number of halogens is 1. The summed E-state index contributed by atoms with van der Waals surface area (Å²) in [7, 11) is 0. The molecule has 0 amide bonds. The second-order valence-corrected chi connectivity index (χ2v) is 3.66. The van der Waals surface area contributed by atoms with Crippen molar-refractivity contribution in [1.82, 2.24) is 0 Å². The average Bonchev–Trinajstić information content (AvgIpc) is 2.35. The van der Waals surface area contributed by atoms with Gasteiger partial charge in [0.15, 0.2) is 0 Å². The van der Waals surface area contributed by atoms with Crippen LogP contribution < -0.4 is 4.74 Å². The monoisotopic (exact) mass is 236 g/mol. The van der Waals surface area contributed by atoms with E-state index in [2.05, 4.69) is 11.8 Å². The molecule has 92 valence electrons. The van der Waals surface area contributed by atoms with Crippen molar-refractivity contribution in [2.24, 2.45) is 0 Å². The quantitative estimate of drug-likeness (QED) is 0.814. The lowest BCUT2D eigenvalue weighted by Gasteiger charge is -2.16. The Morgan fingerprint density at radius 3 is 2.65 bits per heavy atom. The molecule has 0 unspecified atom stereocenters. The number of rotatable bonds is 4. The third-order valence-electron chi connectivity index (χ3n) is 2.45. The maximum Gasteiger partial charge on any atom is 0.135 e. The van der Waals surface area contributed by atoms with E-state index in [0.717, 1.165) is 12.8 Å².